The summed E-state index contributed by atoms with van der Waals surface area (Å²) < 4.78 is 0. The molecule has 19 heavy (non-hydrogen) atoms. The third-order valence-corrected chi connectivity index (χ3v) is 4.12. The van der Waals surface area contributed by atoms with Gasteiger partial charge in [-0.05, 0) is 24.0 Å². The number of carbonyl (C=O) groups excluding carboxylic acids is 1. The minimum Gasteiger partial charge on any atom is -0.323 e. The van der Waals surface area contributed by atoms with Crippen molar-refractivity contribution in [3.8, 4) is 0 Å². The van der Waals surface area contributed by atoms with Gasteiger partial charge in [-0.15, -0.1) is 0 Å². The van der Waals surface area contributed by atoms with E-state index in [1.54, 1.807) is 18.6 Å². The van der Waals surface area contributed by atoms with Crippen LogP contribution >= 0.6 is 0 Å². The van der Waals surface area contributed by atoms with Crippen LogP contribution in [0.4, 0.5) is 0 Å². The number of rotatable bonds is 1. The Kier molecular flexibility index (Phi) is 2.18. The predicted octanol–water partition coefficient (Wildman–Crippen LogP) is 2.51. The first-order chi connectivity index (χ1) is 9.36. The van der Waals surface area contributed by atoms with E-state index in [0.717, 1.165) is 12.8 Å². The smallest absolute Gasteiger partial charge is 0.275 e. The van der Waals surface area contributed by atoms with Crippen molar-refractivity contribution in [1.82, 2.24) is 14.9 Å². The molecule has 4 heteroatoms. The van der Waals surface area contributed by atoms with E-state index in [2.05, 4.69) is 22.1 Å². The zero-order valence-electron chi connectivity index (χ0n) is 10.4. The Morgan fingerprint density at radius 1 is 1.11 bits per heavy atom. The molecule has 1 saturated heterocycles. The molecular formula is C15H13N3O. The molecule has 4 nitrogen and oxygen atoms in total. The van der Waals surface area contributed by atoms with E-state index in [-0.39, 0.29) is 18.0 Å². The standard InChI is InChI=1S/C15H13N3O/c19-15(12-9-16-7-8-17-12)18-13-5-6-14(18)11-4-2-1-3-10(11)13/h1-4,7-9,13-14H,5-6H2. The van der Waals surface area contributed by atoms with Crippen molar-refractivity contribution in [2.45, 2.75) is 24.9 Å². The monoisotopic (exact) mass is 251 g/mol. The molecule has 2 unspecified atom stereocenters. The van der Waals surface area contributed by atoms with Crippen molar-refractivity contribution in [3.05, 3.63) is 59.7 Å². The Bertz CT molecular complexity index is 610. The van der Waals surface area contributed by atoms with Gasteiger partial charge in [0.05, 0.1) is 18.3 Å². The van der Waals surface area contributed by atoms with Crippen molar-refractivity contribution in [3.63, 3.8) is 0 Å². The fourth-order valence-electron chi connectivity index (χ4n) is 3.36. The molecule has 1 aromatic carbocycles. The fourth-order valence-corrected chi connectivity index (χ4v) is 3.36. The summed E-state index contributed by atoms with van der Waals surface area (Å²) in [5.74, 6) is -0.00296. The van der Waals surface area contributed by atoms with E-state index in [9.17, 15) is 4.79 Å². The molecule has 1 fully saturated rings. The van der Waals surface area contributed by atoms with Gasteiger partial charge in [-0.25, -0.2) is 4.98 Å². The number of fused-ring (bicyclic) bond motifs is 5. The van der Waals surface area contributed by atoms with Gasteiger partial charge in [0.15, 0.2) is 0 Å². The first-order valence-corrected chi connectivity index (χ1v) is 6.54. The highest BCUT2D eigenvalue weighted by molar-refractivity contribution is 5.93. The summed E-state index contributed by atoms with van der Waals surface area (Å²) in [6.45, 7) is 0. The fraction of sp³-hybridized carbons (Fsp3) is 0.267. The van der Waals surface area contributed by atoms with E-state index in [1.807, 2.05) is 17.0 Å². The van der Waals surface area contributed by atoms with Crippen LogP contribution in [0.1, 0.15) is 46.5 Å². The molecule has 0 spiro atoms. The van der Waals surface area contributed by atoms with Crippen LogP contribution in [0, 0.1) is 0 Å². The van der Waals surface area contributed by atoms with Crippen LogP contribution in [0.2, 0.25) is 0 Å². The summed E-state index contributed by atoms with van der Waals surface area (Å²) in [4.78, 5) is 22.7. The van der Waals surface area contributed by atoms with Gasteiger partial charge < -0.3 is 4.90 Å². The van der Waals surface area contributed by atoms with Gasteiger partial charge in [0.1, 0.15) is 5.69 Å². The molecule has 0 radical (unpaired) electrons. The summed E-state index contributed by atoms with van der Waals surface area (Å²) in [5.41, 5.74) is 3.04. The summed E-state index contributed by atoms with van der Waals surface area (Å²) in [5, 5.41) is 0. The van der Waals surface area contributed by atoms with Gasteiger partial charge in [-0.1, -0.05) is 24.3 Å². The van der Waals surface area contributed by atoms with Crippen LogP contribution in [0.15, 0.2) is 42.9 Å². The summed E-state index contributed by atoms with van der Waals surface area (Å²) in [7, 11) is 0. The molecule has 1 amide bonds. The van der Waals surface area contributed by atoms with Crippen LogP contribution in [-0.2, 0) is 0 Å². The molecule has 0 N–H and O–H groups in total. The maximum absolute atomic E-state index is 12.6. The van der Waals surface area contributed by atoms with Gasteiger partial charge in [0.2, 0.25) is 0 Å². The third kappa shape index (κ3) is 1.43. The number of hydrogen-bond acceptors (Lipinski definition) is 3. The highest BCUT2D eigenvalue weighted by Gasteiger charge is 2.46. The van der Waals surface area contributed by atoms with Gasteiger partial charge in [0, 0.05) is 12.4 Å². The molecule has 0 aliphatic carbocycles. The number of hydrogen-bond donors (Lipinski definition) is 0. The maximum atomic E-state index is 12.6. The van der Waals surface area contributed by atoms with Crippen LogP contribution < -0.4 is 0 Å². The Morgan fingerprint density at radius 3 is 2.37 bits per heavy atom. The number of aromatic nitrogens is 2. The number of carbonyl (C=O) groups is 1. The van der Waals surface area contributed by atoms with E-state index in [0.29, 0.717) is 5.69 Å². The molecule has 3 heterocycles. The second kappa shape index (κ2) is 3.88. The lowest BCUT2D eigenvalue weighted by Crippen LogP contribution is -2.28. The number of amides is 1. The van der Waals surface area contributed by atoms with Gasteiger partial charge in [-0.3, -0.25) is 9.78 Å². The lowest BCUT2D eigenvalue weighted by atomic mass is 9.92. The largest absolute Gasteiger partial charge is 0.323 e. The predicted molar refractivity (Wildman–Crippen MR) is 69.4 cm³/mol. The normalized spacial score (nSPS) is 23.5. The molecule has 2 aromatic rings. The quantitative estimate of drug-likeness (QED) is 0.782. The highest BCUT2D eigenvalue weighted by Crippen LogP contribution is 2.53. The summed E-state index contributed by atoms with van der Waals surface area (Å²) in [6, 6.07) is 8.80. The van der Waals surface area contributed by atoms with Crippen LogP contribution in [0.5, 0.6) is 0 Å². The van der Waals surface area contributed by atoms with Crippen molar-refractivity contribution in [2.24, 2.45) is 0 Å². The first-order valence-electron chi connectivity index (χ1n) is 6.54. The Hall–Kier alpha value is -2.23. The maximum Gasteiger partial charge on any atom is 0.275 e. The minimum absolute atomic E-state index is 0.00296. The van der Waals surface area contributed by atoms with Crippen molar-refractivity contribution < 1.29 is 4.79 Å². The first kappa shape index (κ1) is 10.7. The second-order valence-electron chi connectivity index (χ2n) is 5.04. The molecule has 94 valence electrons. The average Bonchev–Trinajstić information content (AvgIpc) is 3.04. The highest BCUT2D eigenvalue weighted by atomic mass is 16.2. The molecular weight excluding hydrogens is 238 g/mol. The topological polar surface area (TPSA) is 46.1 Å². The van der Waals surface area contributed by atoms with Gasteiger partial charge >= 0.3 is 0 Å². The summed E-state index contributed by atoms with van der Waals surface area (Å²) in [6.07, 6.45) is 6.80. The number of nitrogens with zero attached hydrogens (tertiary/aromatic N) is 3. The van der Waals surface area contributed by atoms with E-state index in [1.165, 1.54) is 11.1 Å². The van der Waals surface area contributed by atoms with Crippen molar-refractivity contribution in [1.29, 1.82) is 0 Å². The van der Waals surface area contributed by atoms with E-state index < -0.39 is 0 Å². The zero-order chi connectivity index (χ0) is 12.8. The minimum atomic E-state index is -0.00296. The van der Waals surface area contributed by atoms with E-state index in [4.69, 9.17) is 0 Å². The van der Waals surface area contributed by atoms with Gasteiger partial charge in [0.25, 0.3) is 5.91 Å². The molecule has 1 aromatic heterocycles. The number of benzene rings is 1. The molecule has 2 aliphatic heterocycles. The Balaban J connectivity index is 1.75. The molecule has 2 atom stereocenters. The van der Waals surface area contributed by atoms with Gasteiger partial charge in [-0.2, -0.15) is 0 Å². The lowest BCUT2D eigenvalue weighted by Gasteiger charge is -2.21. The summed E-state index contributed by atoms with van der Waals surface area (Å²) >= 11 is 0. The molecule has 2 aliphatic rings. The van der Waals surface area contributed by atoms with Crippen molar-refractivity contribution in [2.75, 3.05) is 0 Å². The van der Waals surface area contributed by atoms with Crippen LogP contribution in [0.25, 0.3) is 0 Å². The van der Waals surface area contributed by atoms with Crippen LogP contribution in [-0.4, -0.2) is 20.8 Å². The zero-order valence-corrected chi connectivity index (χ0v) is 10.4. The molecule has 4 rings (SSSR count). The second-order valence-corrected chi connectivity index (χ2v) is 5.04. The van der Waals surface area contributed by atoms with E-state index >= 15 is 0 Å². The Morgan fingerprint density at radius 2 is 1.79 bits per heavy atom. The lowest BCUT2D eigenvalue weighted by molar-refractivity contribution is 0.0690. The third-order valence-electron chi connectivity index (χ3n) is 4.12. The van der Waals surface area contributed by atoms with Crippen LogP contribution in [0.3, 0.4) is 0 Å². The average molecular weight is 251 g/mol. The molecule has 0 saturated carbocycles. The SMILES string of the molecule is O=C(c1cnccn1)N1C2CCC1c1ccccc12. The van der Waals surface area contributed by atoms with Crippen molar-refractivity contribution >= 4 is 5.91 Å². The Labute approximate surface area is 111 Å². The molecule has 2 bridgehead atoms.